The largest absolute Gasteiger partial charge is 0.459 e. The number of piperidine rings is 1. The molecule has 1 aromatic carbocycles. The van der Waals surface area contributed by atoms with Crippen LogP contribution < -0.4 is 5.32 Å². The minimum Gasteiger partial charge on any atom is -0.459 e. The lowest BCUT2D eigenvalue weighted by atomic mass is 9.96. The van der Waals surface area contributed by atoms with Gasteiger partial charge in [0.15, 0.2) is 0 Å². The summed E-state index contributed by atoms with van der Waals surface area (Å²) in [7, 11) is 0. The second kappa shape index (κ2) is 6.27. The normalized spacial score (nSPS) is 20.0. The molecule has 0 aliphatic carbocycles. The molecule has 0 bridgehead atoms. The van der Waals surface area contributed by atoms with E-state index in [0.29, 0.717) is 0 Å². The first kappa shape index (κ1) is 14.0. The molecule has 1 fully saturated rings. The summed E-state index contributed by atoms with van der Waals surface area (Å²) in [5.41, 5.74) is 2.59. The van der Waals surface area contributed by atoms with Crippen LogP contribution in [0.25, 0.3) is 11.3 Å². The zero-order valence-electron chi connectivity index (χ0n) is 13.1. The number of fused-ring (bicyclic) bond motifs is 1. The molecule has 3 nitrogen and oxygen atoms in total. The molecular weight excluding hydrogens is 272 g/mol. The zero-order valence-corrected chi connectivity index (χ0v) is 13.1. The van der Waals surface area contributed by atoms with E-state index in [1.807, 2.05) is 6.07 Å². The van der Waals surface area contributed by atoms with Crippen LogP contribution >= 0.6 is 0 Å². The van der Waals surface area contributed by atoms with Crippen molar-refractivity contribution >= 4 is 0 Å². The Bertz CT molecular complexity index is 614. The van der Waals surface area contributed by atoms with Crippen molar-refractivity contribution in [1.82, 2.24) is 10.2 Å². The molecule has 0 amide bonds. The monoisotopic (exact) mass is 296 g/mol. The summed E-state index contributed by atoms with van der Waals surface area (Å²) >= 11 is 0. The first-order chi connectivity index (χ1) is 10.9. The van der Waals surface area contributed by atoms with Gasteiger partial charge in [0.25, 0.3) is 0 Å². The van der Waals surface area contributed by atoms with Gasteiger partial charge in [0.1, 0.15) is 11.5 Å². The Morgan fingerprint density at radius 1 is 1.14 bits per heavy atom. The minimum absolute atomic E-state index is 0.853. The van der Waals surface area contributed by atoms with E-state index in [4.69, 9.17) is 4.42 Å². The number of furan rings is 1. The Morgan fingerprint density at radius 3 is 2.77 bits per heavy atom. The molecule has 4 rings (SSSR count). The number of benzene rings is 1. The van der Waals surface area contributed by atoms with Gasteiger partial charge in [0.2, 0.25) is 0 Å². The average Bonchev–Trinajstić information content (AvgIpc) is 3.00. The summed E-state index contributed by atoms with van der Waals surface area (Å²) < 4.78 is 6.16. The lowest BCUT2D eigenvalue weighted by molar-refractivity contribution is 0.178. The van der Waals surface area contributed by atoms with Crippen LogP contribution in [0.2, 0.25) is 0 Å². The first-order valence-electron chi connectivity index (χ1n) is 8.48. The Hall–Kier alpha value is -1.58. The molecule has 22 heavy (non-hydrogen) atoms. The molecule has 1 saturated heterocycles. The van der Waals surface area contributed by atoms with Crippen LogP contribution in [-0.2, 0) is 13.0 Å². The van der Waals surface area contributed by atoms with Gasteiger partial charge in [-0.1, -0.05) is 30.3 Å². The molecule has 0 saturated carbocycles. The highest BCUT2D eigenvalue weighted by Crippen LogP contribution is 2.30. The summed E-state index contributed by atoms with van der Waals surface area (Å²) in [6, 6.07) is 12.7. The third kappa shape index (κ3) is 2.96. The molecule has 0 unspecified atom stereocenters. The zero-order chi connectivity index (χ0) is 14.8. The van der Waals surface area contributed by atoms with Gasteiger partial charge in [-0.3, -0.25) is 4.90 Å². The topological polar surface area (TPSA) is 28.4 Å². The number of nitrogens with one attached hydrogen (secondary N) is 1. The van der Waals surface area contributed by atoms with E-state index in [0.717, 1.165) is 24.6 Å². The highest BCUT2D eigenvalue weighted by molar-refractivity contribution is 5.58. The Morgan fingerprint density at radius 2 is 1.95 bits per heavy atom. The van der Waals surface area contributed by atoms with Crippen molar-refractivity contribution in [3.63, 3.8) is 0 Å². The van der Waals surface area contributed by atoms with E-state index in [1.54, 1.807) is 0 Å². The van der Waals surface area contributed by atoms with E-state index >= 15 is 0 Å². The SMILES string of the molecule is c1ccc(-c2cc3c(o2)CN(CC2CCNCC2)CC3)cc1. The number of nitrogens with zero attached hydrogens (tertiary/aromatic N) is 1. The quantitative estimate of drug-likeness (QED) is 0.942. The van der Waals surface area contributed by atoms with Gasteiger partial charge in [-0.25, -0.2) is 0 Å². The molecule has 1 aromatic heterocycles. The van der Waals surface area contributed by atoms with Crippen molar-refractivity contribution in [2.45, 2.75) is 25.8 Å². The molecular formula is C19H24N2O. The van der Waals surface area contributed by atoms with Crippen molar-refractivity contribution in [1.29, 1.82) is 0 Å². The number of rotatable bonds is 3. The molecule has 2 aliphatic heterocycles. The van der Waals surface area contributed by atoms with Crippen LogP contribution in [-0.4, -0.2) is 31.1 Å². The Balaban J connectivity index is 1.45. The first-order valence-corrected chi connectivity index (χ1v) is 8.48. The summed E-state index contributed by atoms with van der Waals surface area (Å²) in [6.45, 7) is 5.74. The smallest absolute Gasteiger partial charge is 0.134 e. The third-order valence-electron chi connectivity index (χ3n) is 4.99. The maximum Gasteiger partial charge on any atom is 0.134 e. The molecule has 116 valence electrons. The number of hydrogen-bond donors (Lipinski definition) is 1. The summed E-state index contributed by atoms with van der Waals surface area (Å²) in [5, 5.41) is 3.45. The van der Waals surface area contributed by atoms with Crippen molar-refractivity contribution < 1.29 is 4.42 Å². The van der Waals surface area contributed by atoms with Gasteiger partial charge in [-0.2, -0.15) is 0 Å². The van der Waals surface area contributed by atoms with E-state index < -0.39 is 0 Å². The molecule has 0 spiro atoms. The van der Waals surface area contributed by atoms with Gasteiger partial charge in [0, 0.05) is 18.7 Å². The molecule has 3 heteroatoms. The van der Waals surface area contributed by atoms with E-state index in [9.17, 15) is 0 Å². The predicted molar refractivity (Wildman–Crippen MR) is 88.7 cm³/mol. The van der Waals surface area contributed by atoms with Crippen molar-refractivity contribution in [3.8, 4) is 11.3 Å². The fourth-order valence-electron chi connectivity index (χ4n) is 3.70. The lowest BCUT2D eigenvalue weighted by Gasteiger charge is -2.31. The van der Waals surface area contributed by atoms with Crippen molar-refractivity contribution in [2.24, 2.45) is 5.92 Å². The minimum atomic E-state index is 0.853. The van der Waals surface area contributed by atoms with Crippen molar-refractivity contribution in [2.75, 3.05) is 26.2 Å². The molecule has 0 radical (unpaired) electrons. The maximum absolute atomic E-state index is 6.16. The maximum atomic E-state index is 6.16. The highest BCUT2D eigenvalue weighted by Gasteiger charge is 2.24. The van der Waals surface area contributed by atoms with Gasteiger partial charge >= 0.3 is 0 Å². The second-order valence-electron chi connectivity index (χ2n) is 6.60. The summed E-state index contributed by atoms with van der Waals surface area (Å²) in [6.07, 6.45) is 3.75. The second-order valence-corrected chi connectivity index (χ2v) is 6.60. The number of hydrogen-bond acceptors (Lipinski definition) is 3. The van der Waals surface area contributed by atoms with E-state index in [-0.39, 0.29) is 0 Å². The van der Waals surface area contributed by atoms with Crippen LogP contribution in [0.4, 0.5) is 0 Å². The summed E-state index contributed by atoms with van der Waals surface area (Å²) in [5.74, 6) is 3.06. The van der Waals surface area contributed by atoms with Crippen LogP contribution in [0.5, 0.6) is 0 Å². The van der Waals surface area contributed by atoms with Gasteiger partial charge in [0.05, 0.1) is 6.54 Å². The molecule has 2 aliphatic rings. The standard InChI is InChI=1S/C19H24N2O/c1-2-4-16(5-3-1)18-12-17-8-11-21(14-19(17)22-18)13-15-6-9-20-10-7-15/h1-5,12,15,20H,6-11,13-14H2. The highest BCUT2D eigenvalue weighted by atomic mass is 16.3. The Labute approximate surface area is 132 Å². The average molecular weight is 296 g/mol. The van der Waals surface area contributed by atoms with Crippen LogP contribution in [0.1, 0.15) is 24.2 Å². The predicted octanol–water partition coefficient (Wildman–Crippen LogP) is 3.30. The van der Waals surface area contributed by atoms with Crippen LogP contribution in [0, 0.1) is 5.92 Å². The van der Waals surface area contributed by atoms with Gasteiger partial charge in [-0.15, -0.1) is 0 Å². The lowest BCUT2D eigenvalue weighted by Crippen LogP contribution is -2.38. The van der Waals surface area contributed by atoms with Gasteiger partial charge < -0.3 is 9.73 Å². The van der Waals surface area contributed by atoms with Crippen LogP contribution in [0.15, 0.2) is 40.8 Å². The van der Waals surface area contributed by atoms with Gasteiger partial charge in [-0.05, 0) is 49.9 Å². The van der Waals surface area contributed by atoms with Crippen LogP contribution in [0.3, 0.4) is 0 Å². The fraction of sp³-hybridized carbons (Fsp3) is 0.474. The fourth-order valence-corrected chi connectivity index (χ4v) is 3.70. The van der Waals surface area contributed by atoms with Crippen molar-refractivity contribution in [3.05, 3.63) is 47.7 Å². The van der Waals surface area contributed by atoms with E-state index in [2.05, 4.69) is 40.5 Å². The molecule has 2 aromatic rings. The third-order valence-corrected chi connectivity index (χ3v) is 4.99. The summed E-state index contributed by atoms with van der Waals surface area (Å²) in [4.78, 5) is 2.58. The molecule has 1 N–H and O–H groups in total. The molecule has 3 heterocycles. The Kier molecular flexibility index (Phi) is 4.00. The molecule has 0 atom stereocenters. The van der Waals surface area contributed by atoms with E-state index in [1.165, 1.54) is 55.9 Å².